The van der Waals surface area contributed by atoms with Gasteiger partial charge < -0.3 is 40.6 Å². The van der Waals surface area contributed by atoms with Gasteiger partial charge in [-0.1, -0.05) is 213 Å². The largest absolute Gasteiger partial charge is 0.862 e. The Morgan fingerprint density at radius 3 is 1.19 bits per heavy atom. The van der Waals surface area contributed by atoms with Gasteiger partial charge in [-0.25, -0.2) is 4.57 Å². The van der Waals surface area contributed by atoms with Gasteiger partial charge in [-0.05, 0) is 25.2 Å². The summed E-state index contributed by atoms with van der Waals surface area (Å²) >= 11 is 0. The van der Waals surface area contributed by atoms with E-state index in [9.17, 15) is 45.2 Å². The van der Waals surface area contributed by atoms with Gasteiger partial charge in [-0.2, -0.15) is 0 Å². The molecular weight excluding hydrogens is 773 g/mol. The molecule has 3 unspecified atom stereocenters. The third-order valence-corrected chi connectivity index (χ3v) is 13.1. The van der Waals surface area contributed by atoms with E-state index in [0.717, 1.165) is 38.5 Å². The summed E-state index contributed by atoms with van der Waals surface area (Å²) in [5, 5.41) is 74.2. The molecule has 1 aliphatic rings. The predicted molar refractivity (Wildman–Crippen MR) is 236 cm³/mol. The number of aliphatic hydroxyl groups excluding tert-OH is 6. The summed E-state index contributed by atoms with van der Waals surface area (Å²) in [6.07, 6.45) is 26.7. The van der Waals surface area contributed by atoms with E-state index in [4.69, 9.17) is 9.05 Å². The van der Waals surface area contributed by atoms with Gasteiger partial charge in [0.1, 0.15) is 36.6 Å². The fraction of sp³-hybridized carbons (Fsp3) is 0.978. The molecule has 1 fully saturated rings. The Morgan fingerprint density at radius 1 is 0.525 bits per heavy atom. The Morgan fingerprint density at radius 2 is 0.831 bits per heavy atom. The number of nitrogens with zero attached hydrogens (tertiary/aromatic N) is 1. The minimum Gasteiger partial charge on any atom is -0.862 e. The summed E-state index contributed by atoms with van der Waals surface area (Å²) in [6.45, 7) is 3.85. The molecule has 1 rings (SSSR count). The molecule has 12 nitrogen and oxygen atoms in total. The summed E-state index contributed by atoms with van der Waals surface area (Å²) < 4.78 is 22.9. The highest BCUT2D eigenvalue weighted by Gasteiger charge is 2.51. The molecule has 0 radical (unpaired) electrons. The molecule has 0 aromatic rings. The van der Waals surface area contributed by atoms with Crippen molar-refractivity contribution in [2.75, 3.05) is 6.61 Å². The summed E-state index contributed by atoms with van der Waals surface area (Å²) in [5.74, 6) is -0.429. The molecule has 0 amide bonds. The fourth-order valence-corrected chi connectivity index (χ4v) is 9.04. The molecule has 0 aromatic carbocycles. The van der Waals surface area contributed by atoms with Gasteiger partial charge in [0.15, 0.2) is 0 Å². The van der Waals surface area contributed by atoms with E-state index in [1.54, 1.807) is 0 Å². The van der Waals surface area contributed by atoms with E-state index in [-0.39, 0.29) is 6.42 Å². The first-order valence-corrected chi connectivity index (χ1v) is 25.9. The van der Waals surface area contributed by atoms with Crippen LogP contribution >= 0.6 is 7.82 Å². The van der Waals surface area contributed by atoms with Crippen LogP contribution in [0.15, 0.2) is 4.99 Å². The van der Waals surface area contributed by atoms with Gasteiger partial charge >= 0.3 is 7.82 Å². The Bertz CT molecular complexity index is 1020. The van der Waals surface area contributed by atoms with Crippen LogP contribution in [0.3, 0.4) is 0 Å². The van der Waals surface area contributed by atoms with Crippen LogP contribution in [0, 0.1) is 0 Å². The van der Waals surface area contributed by atoms with E-state index in [2.05, 4.69) is 18.8 Å². The summed E-state index contributed by atoms with van der Waals surface area (Å²) in [7, 11) is -5.07. The average Bonchev–Trinajstić information content (AvgIpc) is 3.22. The van der Waals surface area contributed by atoms with Crippen molar-refractivity contribution in [3.05, 3.63) is 0 Å². The molecule has 7 N–H and O–H groups in total. The molecule has 0 aromatic heterocycles. The van der Waals surface area contributed by atoms with Crippen LogP contribution in [0.5, 0.6) is 0 Å². The van der Waals surface area contributed by atoms with Crippen molar-refractivity contribution in [1.29, 1.82) is 0 Å². The quantitative estimate of drug-likeness (QED) is 0.0133. The number of aliphatic imine (C=N–C) groups is 1. The van der Waals surface area contributed by atoms with Gasteiger partial charge in [0.05, 0.1) is 18.8 Å². The van der Waals surface area contributed by atoms with Crippen molar-refractivity contribution in [2.24, 2.45) is 4.99 Å². The maximum absolute atomic E-state index is 12.9. The molecule has 0 bridgehead atoms. The Hall–Kier alpha value is -0.660. The van der Waals surface area contributed by atoms with Crippen molar-refractivity contribution < 1.29 is 54.3 Å². The second-order valence-corrected chi connectivity index (χ2v) is 19.0. The molecule has 0 heterocycles. The highest BCUT2D eigenvalue weighted by atomic mass is 31.2. The van der Waals surface area contributed by atoms with Gasteiger partial charge in [0.25, 0.3) is 0 Å². The molecule has 1 saturated carbocycles. The first kappa shape index (κ1) is 56.4. The van der Waals surface area contributed by atoms with Crippen LogP contribution in [0.1, 0.15) is 232 Å². The maximum Gasteiger partial charge on any atom is 0.472 e. The predicted octanol–water partition coefficient (Wildman–Crippen LogP) is 9.10. The van der Waals surface area contributed by atoms with Crippen LogP contribution in [-0.4, -0.2) is 96.8 Å². The summed E-state index contributed by atoms with van der Waals surface area (Å²) in [5.41, 5.74) is 0. The first-order valence-electron chi connectivity index (χ1n) is 24.4. The Labute approximate surface area is 359 Å². The number of aliphatic hydroxyl groups is 6. The molecule has 1 aliphatic carbocycles. The highest BCUT2D eigenvalue weighted by Crippen LogP contribution is 2.47. The molecule has 0 saturated heterocycles. The van der Waals surface area contributed by atoms with Crippen LogP contribution in [0.4, 0.5) is 0 Å². The van der Waals surface area contributed by atoms with Crippen molar-refractivity contribution in [3.8, 4) is 0 Å². The smallest absolute Gasteiger partial charge is 0.472 e. The van der Waals surface area contributed by atoms with E-state index in [1.807, 2.05) is 0 Å². The normalized spacial score (nSPS) is 23.4. The SMILES string of the molecule is CCCCCCCCCCCCCCCCCCCCCC([O-])=N[C@@H](COP(=O)(O)OC1[C@H](O)[C@H](O)C(O)[C@H](O)[C@H]1O)[C@H](O)CCCCCCCCCCCCCCC. The van der Waals surface area contributed by atoms with Crippen LogP contribution in [0.2, 0.25) is 0 Å². The molecular formula is C46H91NO11P-. The summed E-state index contributed by atoms with van der Waals surface area (Å²) in [4.78, 5) is 14.6. The summed E-state index contributed by atoms with van der Waals surface area (Å²) in [6, 6.07) is -1.15. The van der Waals surface area contributed by atoms with E-state index in [0.29, 0.717) is 19.3 Å². The molecule has 59 heavy (non-hydrogen) atoms. The fourth-order valence-electron chi connectivity index (χ4n) is 8.08. The number of hydrogen-bond donors (Lipinski definition) is 7. The van der Waals surface area contributed by atoms with Crippen LogP contribution < -0.4 is 5.11 Å². The third kappa shape index (κ3) is 28.6. The lowest BCUT2D eigenvalue weighted by Gasteiger charge is -2.41. The van der Waals surface area contributed by atoms with Gasteiger partial charge in [0, 0.05) is 0 Å². The van der Waals surface area contributed by atoms with Crippen LogP contribution in [0.25, 0.3) is 0 Å². The minimum atomic E-state index is -5.07. The van der Waals surface area contributed by atoms with Crippen molar-refractivity contribution >= 4 is 13.7 Å². The monoisotopic (exact) mass is 865 g/mol. The zero-order valence-corrected chi connectivity index (χ0v) is 38.4. The third-order valence-electron chi connectivity index (χ3n) is 12.1. The standard InChI is InChI=1S/C46H92NO11P/c1-3-5-7-9-11-13-15-17-18-19-20-21-22-24-26-28-30-32-34-36-40(49)47-38(39(48)35-33-31-29-27-25-23-16-14-12-10-8-6-4-2)37-57-59(55,56)58-46-44(53)42(51)41(50)43(52)45(46)54/h38-39,41-46,48,50-54H,3-37H2,1-2H3,(H,47,49)(H,55,56)/p-1/t38-,39+,41?,42-,43+,44+,45+,46?/m0/s1. The zero-order valence-electron chi connectivity index (χ0n) is 37.5. The van der Waals surface area contributed by atoms with Crippen molar-refractivity contribution in [2.45, 2.75) is 281 Å². The second kappa shape index (κ2) is 36.8. The Kier molecular flexibility index (Phi) is 35.1. The molecule has 0 spiro atoms. The second-order valence-electron chi connectivity index (χ2n) is 17.6. The minimum absolute atomic E-state index is 0.187. The number of phosphoric acid groups is 1. The molecule has 9 atom stereocenters. The zero-order chi connectivity index (χ0) is 43.6. The number of rotatable bonds is 41. The number of hydrogen-bond acceptors (Lipinski definition) is 11. The van der Waals surface area contributed by atoms with Gasteiger partial charge in [-0.15, -0.1) is 0 Å². The first-order chi connectivity index (χ1) is 28.4. The van der Waals surface area contributed by atoms with E-state index in [1.165, 1.54) is 154 Å². The lowest BCUT2D eigenvalue weighted by molar-refractivity contribution is -0.220. The van der Waals surface area contributed by atoms with Crippen molar-refractivity contribution in [3.63, 3.8) is 0 Å². The topological polar surface area (TPSA) is 213 Å². The van der Waals surface area contributed by atoms with E-state index >= 15 is 0 Å². The molecule has 0 aliphatic heterocycles. The number of unbranched alkanes of at least 4 members (excludes halogenated alkanes) is 30. The lowest BCUT2D eigenvalue weighted by Crippen LogP contribution is -2.64. The van der Waals surface area contributed by atoms with Crippen LogP contribution in [-0.2, 0) is 13.6 Å². The average molecular weight is 865 g/mol. The van der Waals surface area contributed by atoms with E-state index < -0.39 is 69.1 Å². The van der Waals surface area contributed by atoms with Crippen molar-refractivity contribution in [1.82, 2.24) is 0 Å². The van der Waals surface area contributed by atoms with Gasteiger partial charge in [0.2, 0.25) is 0 Å². The Balaban J connectivity index is 2.45. The molecule has 352 valence electrons. The highest BCUT2D eigenvalue weighted by molar-refractivity contribution is 7.47. The molecule has 13 heteroatoms. The number of phosphoric ester groups is 1. The van der Waals surface area contributed by atoms with Gasteiger partial charge in [-0.3, -0.25) is 14.0 Å². The lowest BCUT2D eigenvalue weighted by atomic mass is 9.85. The maximum atomic E-state index is 12.9.